The Balaban J connectivity index is 1.75. The minimum atomic E-state index is -0.178. The molecule has 1 aromatic heterocycles. The molecule has 0 spiro atoms. The summed E-state index contributed by atoms with van der Waals surface area (Å²) >= 11 is 1.74. The van der Waals surface area contributed by atoms with Crippen molar-refractivity contribution in [3.8, 4) is 5.75 Å². The molecule has 0 radical (unpaired) electrons. The van der Waals surface area contributed by atoms with Crippen LogP contribution in [-0.2, 0) is 11.2 Å². The minimum absolute atomic E-state index is 0.0323. The Morgan fingerprint density at radius 2 is 1.91 bits per heavy atom. The number of benzene rings is 1. The molecule has 2 aromatic rings. The normalized spacial score (nSPS) is 16.2. The van der Waals surface area contributed by atoms with E-state index in [-0.39, 0.29) is 24.5 Å². The molecule has 2 heterocycles. The lowest BCUT2D eigenvalue weighted by atomic mass is 10.00. The number of hydrogen-bond acceptors (Lipinski definition) is 4. The van der Waals surface area contributed by atoms with Crippen LogP contribution in [0.2, 0.25) is 0 Å². The summed E-state index contributed by atoms with van der Waals surface area (Å²) in [6.45, 7) is 12.7. The lowest BCUT2D eigenvalue weighted by Crippen LogP contribution is -2.50. The molecule has 2 atom stereocenters. The van der Waals surface area contributed by atoms with Crippen molar-refractivity contribution in [3.63, 3.8) is 0 Å². The third-order valence-electron chi connectivity index (χ3n) is 6.54. The van der Waals surface area contributed by atoms with Crippen LogP contribution in [0.15, 0.2) is 35.7 Å². The predicted molar refractivity (Wildman–Crippen MR) is 139 cm³/mol. The van der Waals surface area contributed by atoms with Crippen LogP contribution in [0.5, 0.6) is 5.75 Å². The first kappa shape index (κ1) is 26.1. The van der Waals surface area contributed by atoms with Crippen molar-refractivity contribution < 1.29 is 14.3 Å². The quantitative estimate of drug-likeness (QED) is 0.486. The van der Waals surface area contributed by atoms with E-state index in [0.29, 0.717) is 38.1 Å². The summed E-state index contributed by atoms with van der Waals surface area (Å²) < 4.78 is 6.18. The summed E-state index contributed by atoms with van der Waals surface area (Å²) in [7, 11) is 0. The maximum Gasteiger partial charge on any atom is 0.317 e. The smallest absolute Gasteiger partial charge is 0.317 e. The average Bonchev–Trinajstić information content (AvgIpc) is 3.31. The second-order valence-corrected chi connectivity index (χ2v) is 10.4. The number of carbonyl (C=O) groups excluding carboxylic acids is 2. The maximum atomic E-state index is 13.5. The highest BCUT2D eigenvalue weighted by Crippen LogP contribution is 2.34. The monoisotopic (exact) mass is 485 g/mol. The summed E-state index contributed by atoms with van der Waals surface area (Å²) in [6, 6.07) is 9.96. The number of fused-ring (bicyclic) bond motifs is 1. The van der Waals surface area contributed by atoms with Crippen molar-refractivity contribution in [2.45, 2.75) is 59.4 Å². The van der Waals surface area contributed by atoms with E-state index in [9.17, 15) is 9.59 Å². The van der Waals surface area contributed by atoms with Gasteiger partial charge in [-0.15, -0.1) is 11.3 Å². The molecule has 0 bridgehead atoms. The first-order valence-electron chi connectivity index (χ1n) is 12.4. The summed E-state index contributed by atoms with van der Waals surface area (Å²) in [6.07, 6.45) is 1.79. The third-order valence-corrected chi connectivity index (χ3v) is 7.54. The Morgan fingerprint density at radius 3 is 2.56 bits per heavy atom. The number of nitrogens with zero attached hydrogens (tertiary/aromatic N) is 2. The molecule has 0 unspecified atom stereocenters. The van der Waals surface area contributed by atoms with Gasteiger partial charge in [-0.3, -0.25) is 4.79 Å². The van der Waals surface area contributed by atoms with Crippen molar-refractivity contribution in [1.82, 2.24) is 15.1 Å². The highest BCUT2D eigenvalue weighted by atomic mass is 32.1. The van der Waals surface area contributed by atoms with Crippen molar-refractivity contribution in [1.29, 1.82) is 0 Å². The van der Waals surface area contributed by atoms with Gasteiger partial charge >= 0.3 is 6.03 Å². The molecule has 1 N–H and O–H groups in total. The van der Waals surface area contributed by atoms with Gasteiger partial charge in [-0.2, -0.15) is 0 Å². The van der Waals surface area contributed by atoms with Gasteiger partial charge in [0.25, 0.3) is 0 Å². The van der Waals surface area contributed by atoms with Gasteiger partial charge in [0.05, 0.1) is 6.04 Å². The number of nitrogens with one attached hydrogen (secondary N) is 1. The van der Waals surface area contributed by atoms with Crippen molar-refractivity contribution >= 4 is 23.3 Å². The molecular formula is C27H39N3O3S. The van der Waals surface area contributed by atoms with Gasteiger partial charge in [0.1, 0.15) is 18.9 Å². The maximum absolute atomic E-state index is 13.5. The number of ether oxygens (including phenoxy) is 1. The van der Waals surface area contributed by atoms with Gasteiger partial charge in [-0.05, 0) is 59.9 Å². The van der Waals surface area contributed by atoms with Gasteiger partial charge in [0.2, 0.25) is 5.91 Å². The molecule has 1 aromatic carbocycles. The summed E-state index contributed by atoms with van der Waals surface area (Å²) in [5.41, 5.74) is 2.43. The van der Waals surface area contributed by atoms with Gasteiger partial charge in [0.15, 0.2) is 0 Å². The molecular weight excluding hydrogens is 446 g/mol. The summed E-state index contributed by atoms with van der Waals surface area (Å²) in [4.78, 5) is 31.0. The molecule has 3 amide bonds. The fraction of sp³-hybridized carbons (Fsp3) is 0.556. The first-order valence-corrected chi connectivity index (χ1v) is 13.3. The van der Waals surface area contributed by atoms with Crippen LogP contribution in [0.3, 0.4) is 0 Å². The van der Waals surface area contributed by atoms with Crippen LogP contribution in [-0.4, -0.2) is 54.5 Å². The molecule has 1 aliphatic rings. The first-order chi connectivity index (χ1) is 16.3. The summed E-state index contributed by atoms with van der Waals surface area (Å²) in [5.74, 6) is 1.57. The second-order valence-electron chi connectivity index (χ2n) is 9.42. The zero-order valence-corrected chi connectivity index (χ0v) is 22.0. The Hall–Kier alpha value is -2.54. The topological polar surface area (TPSA) is 61.9 Å². The van der Waals surface area contributed by atoms with Crippen LogP contribution >= 0.6 is 11.3 Å². The van der Waals surface area contributed by atoms with Crippen LogP contribution in [0, 0.1) is 5.92 Å². The van der Waals surface area contributed by atoms with E-state index in [4.69, 9.17) is 4.74 Å². The lowest BCUT2D eigenvalue weighted by Gasteiger charge is -2.37. The van der Waals surface area contributed by atoms with Crippen LogP contribution in [0.1, 0.15) is 69.0 Å². The lowest BCUT2D eigenvalue weighted by molar-refractivity contribution is -0.135. The van der Waals surface area contributed by atoms with E-state index in [2.05, 4.69) is 56.6 Å². The van der Waals surface area contributed by atoms with Crippen molar-refractivity contribution in [2.75, 3.05) is 32.8 Å². The number of amides is 3. The molecule has 0 fully saturated rings. The standard InChI is InChI=1S/C27H39N3O3S/c1-6-20(5)16-29(27(32)28-7-2)17-26(31)30-14-12-25-23(13-15-34-25)24(30)18-33-22-10-8-21(9-11-22)19(3)4/h8-11,13,15,19-20,24H,6-7,12,14,16-18H2,1-5H3,(H,28,32)/t20-,24-/m0/s1. The van der Waals surface area contributed by atoms with Crippen LogP contribution in [0.25, 0.3) is 0 Å². The van der Waals surface area contributed by atoms with E-state index < -0.39 is 0 Å². The highest BCUT2D eigenvalue weighted by Gasteiger charge is 2.33. The van der Waals surface area contributed by atoms with E-state index in [1.807, 2.05) is 24.0 Å². The molecule has 7 heteroatoms. The van der Waals surface area contributed by atoms with Gasteiger partial charge in [-0.25, -0.2) is 4.79 Å². The minimum Gasteiger partial charge on any atom is -0.491 e. The van der Waals surface area contributed by atoms with Crippen molar-refractivity contribution in [3.05, 3.63) is 51.7 Å². The number of thiophene rings is 1. The Bertz CT molecular complexity index is 941. The fourth-order valence-corrected chi connectivity index (χ4v) is 5.17. The molecule has 0 saturated carbocycles. The van der Waals surface area contributed by atoms with Crippen LogP contribution < -0.4 is 10.1 Å². The Labute approximate surface area is 208 Å². The average molecular weight is 486 g/mol. The van der Waals surface area contributed by atoms with Crippen LogP contribution in [0.4, 0.5) is 4.79 Å². The molecule has 6 nitrogen and oxygen atoms in total. The number of rotatable bonds is 10. The van der Waals surface area contributed by atoms with E-state index in [0.717, 1.165) is 24.2 Å². The molecule has 1 aliphatic heterocycles. The zero-order valence-electron chi connectivity index (χ0n) is 21.2. The SMILES string of the molecule is CCNC(=O)N(CC(=O)N1CCc2sccc2[C@@H]1COc1ccc(C(C)C)cc1)C[C@@H](C)CC. The molecule has 34 heavy (non-hydrogen) atoms. The molecule has 0 saturated heterocycles. The zero-order chi connectivity index (χ0) is 24.7. The predicted octanol–water partition coefficient (Wildman–Crippen LogP) is 5.45. The summed E-state index contributed by atoms with van der Waals surface area (Å²) in [5, 5.41) is 4.95. The van der Waals surface area contributed by atoms with Gasteiger partial charge < -0.3 is 19.9 Å². The fourth-order valence-electron chi connectivity index (χ4n) is 4.24. The van der Waals surface area contributed by atoms with E-state index in [1.165, 1.54) is 10.4 Å². The largest absolute Gasteiger partial charge is 0.491 e. The number of urea groups is 1. The number of hydrogen-bond donors (Lipinski definition) is 1. The number of carbonyl (C=O) groups is 2. The Kier molecular flexibility index (Phi) is 9.39. The highest BCUT2D eigenvalue weighted by molar-refractivity contribution is 7.10. The third kappa shape index (κ3) is 6.53. The molecule has 186 valence electrons. The Morgan fingerprint density at radius 1 is 1.18 bits per heavy atom. The van der Waals surface area contributed by atoms with Gasteiger partial charge in [0, 0.05) is 24.5 Å². The van der Waals surface area contributed by atoms with E-state index >= 15 is 0 Å². The second kappa shape index (κ2) is 12.2. The van der Waals surface area contributed by atoms with E-state index in [1.54, 1.807) is 16.2 Å². The van der Waals surface area contributed by atoms with Gasteiger partial charge in [-0.1, -0.05) is 46.2 Å². The molecule has 3 rings (SSSR count). The molecule has 0 aliphatic carbocycles. The van der Waals surface area contributed by atoms with Crippen molar-refractivity contribution in [2.24, 2.45) is 5.92 Å².